The van der Waals surface area contributed by atoms with Crippen molar-refractivity contribution in [3.8, 4) is 0 Å². The first-order valence-corrected chi connectivity index (χ1v) is 12.5. The maximum atomic E-state index is 14.5. The van der Waals surface area contributed by atoms with Gasteiger partial charge in [-0.1, -0.05) is 75.4 Å². The van der Waals surface area contributed by atoms with Gasteiger partial charge in [0, 0.05) is 23.1 Å². The Morgan fingerprint density at radius 1 is 1.16 bits per heavy atom. The van der Waals surface area contributed by atoms with Gasteiger partial charge in [-0.3, -0.25) is 4.79 Å². The molecule has 0 aliphatic carbocycles. The quantitative estimate of drug-likeness (QED) is 0.177. The minimum Gasteiger partial charge on any atom is -0.393 e. The standard InChI is InChI=1S/C26H21Cl3F3N3O3/c1-14(2)37-34-10-9-33-24(36)19-8-7-18(16-5-3-4-6-17(16)19)22-13-25(38-35-22,26(30,31)32)15-11-20(27)23(29)21(28)12-15/h3-8,10-12,14H,9,13H2,1-2H3,(H,33,36)/b34-10-. The van der Waals surface area contributed by atoms with Crippen molar-refractivity contribution in [3.05, 3.63) is 80.3 Å². The summed E-state index contributed by atoms with van der Waals surface area (Å²) in [6.45, 7) is 3.77. The predicted molar refractivity (Wildman–Crippen MR) is 142 cm³/mol. The van der Waals surface area contributed by atoms with Crippen molar-refractivity contribution >= 4 is 63.4 Å². The summed E-state index contributed by atoms with van der Waals surface area (Å²) in [5, 5.41) is 11.0. The number of carbonyl (C=O) groups is 1. The van der Waals surface area contributed by atoms with Crippen LogP contribution in [-0.4, -0.2) is 36.7 Å². The molecule has 6 nitrogen and oxygen atoms in total. The molecule has 3 aromatic carbocycles. The highest BCUT2D eigenvalue weighted by Gasteiger charge is 2.62. The number of alkyl halides is 3. The second-order valence-corrected chi connectivity index (χ2v) is 9.94. The number of hydrogen-bond donors (Lipinski definition) is 1. The summed E-state index contributed by atoms with van der Waals surface area (Å²) in [5.74, 6) is -0.386. The average molecular weight is 587 g/mol. The lowest BCUT2D eigenvalue weighted by Gasteiger charge is -2.30. The largest absolute Gasteiger partial charge is 0.435 e. The minimum absolute atomic E-state index is 0.0469. The summed E-state index contributed by atoms with van der Waals surface area (Å²) >= 11 is 18.0. The van der Waals surface area contributed by atoms with Crippen molar-refractivity contribution < 1.29 is 27.6 Å². The van der Waals surface area contributed by atoms with Crippen molar-refractivity contribution in [1.29, 1.82) is 0 Å². The number of nitrogens with zero attached hydrogens (tertiary/aromatic N) is 2. The number of amides is 1. The predicted octanol–water partition coefficient (Wildman–Crippen LogP) is 7.52. The third-order valence-electron chi connectivity index (χ3n) is 5.82. The van der Waals surface area contributed by atoms with Crippen LogP contribution in [0, 0.1) is 0 Å². The smallest absolute Gasteiger partial charge is 0.393 e. The number of nitrogens with one attached hydrogen (secondary N) is 1. The second kappa shape index (κ2) is 11.0. The SMILES string of the molecule is CC(C)O/N=C\CNC(=O)c1ccc(C2=NOC(c3cc(Cl)c(Cl)c(Cl)c3)(C(F)(F)F)C2)c2ccccc12. The fourth-order valence-corrected chi connectivity index (χ4v) is 4.62. The second-order valence-electron chi connectivity index (χ2n) is 8.74. The molecule has 1 heterocycles. The van der Waals surface area contributed by atoms with Crippen LogP contribution >= 0.6 is 34.8 Å². The van der Waals surface area contributed by atoms with E-state index in [9.17, 15) is 18.0 Å². The number of halogens is 6. The topological polar surface area (TPSA) is 72.3 Å². The first-order chi connectivity index (χ1) is 17.9. The van der Waals surface area contributed by atoms with E-state index in [0.29, 0.717) is 21.9 Å². The Morgan fingerprint density at radius 2 is 1.82 bits per heavy atom. The molecule has 0 spiro atoms. The van der Waals surface area contributed by atoms with Gasteiger partial charge in [0.2, 0.25) is 0 Å². The molecule has 0 radical (unpaired) electrons. The Morgan fingerprint density at radius 3 is 2.45 bits per heavy atom. The molecule has 3 aromatic rings. The summed E-state index contributed by atoms with van der Waals surface area (Å²) in [5.41, 5.74) is -2.38. The molecule has 0 saturated carbocycles. The van der Waals surface area contributed by atoms with Gasteiger partial charge in [0.05, 0.1) is 33.5 Å². The maximum Gasteiger partial charge on any atom is 0.435 e. The van der Waals surface area contributed by atoms with Crippen molar-refractivity contribution in [2.24, 2.45) is 10.3 Å². The Labute approximate surface area is 231 Å². The van der Waals surface area contributed by atoms with Gasteiger partial charge in [0.1, 0.15) is 6.10 Å². The molecule has 0 aromatic heterocycles. The van der Waals surface area contributed by atoms with Gasteiger partial charge in [-0.25, -0.2) is 0 Å². The summed E-state index contributed by atoms with van der Waals surface area (Å²) in [6, 6.07) is 12.1. The molecule has 4 rings (SSSR count). The lowest BCUT2D eigenvalue weighted by molar-refractivity contribution is -0.275. The van der Waals surface area contributed by atoms with Gasteiger partial charge in [0.15, 0.2) is 0 Å². The first kappa shape index (κ1) is 28.0. The van der Waals surface area contributed by atoms with E-state index in [0.717, 1.165) is 12.1 Å². The van der Waals surface area contributed by atoms with E-state index in [-0.39, 0.29) is 44.9 Å². The Hall–Kier alpha value is -3.01. The minimum atomic E-state index is -4.87. The Balaban J connectivity index is 1.67. The first-order valence-electron chi connectivity index (χ1n) is 11.4. The highest BCUT2D eigenvalue weighted by Crippen LogP contribution is 2.51. The summed E-state index contributed by atoms with van der Waals surface area (Å²) < 4.78 is 43.4. The van der Waals surface area contributed by atoms with Crippen molar-refractivity contribution in [2.75, 3.05) is 6.54 Å². The molecule has 0 bridgehead atoms. The fraction of sp³-hybridized carbons (Fsp3) is 0.269. The third-order valence-corrected chi connectivity index (χ3v) is 7.01. The molecule has 1 aliphatic heterocycles. The van der Waals surface area contributed by atoms with Crippen molar-refractivity contribution in [3.63, 3.8) is 0 Å². The van der Waals surface area contributed by atoms with E-state index < -0.39 is 18.2 Å². The molecule has 1 unspecified atom stereocenters. The number of hydrogen-bond acceptors (Lipinski definition) is 5. The van der Waals surface area contributed by atoms with Crippen LogP contribution < -0.4 is 5.32 Å². The summed E-state index contributed by atoms with van der Waals surface area (Å²) in [4.78, 5) is 23.0. The fourth-order valence-electron chi connectivity index (χ4n) is 4.02. The van der Waals surface area contributed by atoms with E-state index >= 15 is 0 Å². The molecular formula is C26H21Cl3F3N3O3. The molecule has 0 fully saturated rings. The Bertz CT molecular complexity index is 1420. The average Bonchev–Trinajstić information content (AvgIpc) is 3.32. The molecule has 0 saturated heterocycles. The zero-order valence-electron chi connectivity index (χ0n) is 20.1. The number of fused-ring (bicyclic) bond motifs is 1. The van der Waals surface area contributed by atoms with Crippen LogP contribution in [0.2, 0.25) is 15.1 Å². The van der Waals surface area contributed by atoms with Crippen LogP contribution in [0.3, 0.4) is 0 Å². The van der Waals surface area contributed by atoms with Crippen LogP contribution in [-0.2, 0) is 15.3 Å². The third kappa shape index (κ3) is 5.41. The molecule has 38 heavy (non-hydrogen) atoms. The van der Waals surface area contributed by atoms with E-state index in [4.69, 9.17) is 44.5 Å². The molecular weight excluding hydrogens is 566 g/mol. The molecule has 1 amide bonds. The van der Waals surface area contributed by atoms with E-state index in [2.05, 4.69) is 15.6 Å². The van der Waals surface area contributed by atoms with Gasteiger partial charge in [-0.05, 0) is 42.8 Å². The highest BCUT2D eigenvalue weighted by molar-refractivity contribution is 6.48. The van der Waals surface area contributed by atoms with Crippen LogP contribution in [0.15, 0.2) is 58.8 Å². The van der Waals surface area contributed by atoms with Crippen LogP contribution in [0.1, 0.15) is 41.8 Å². The molecule has 200 valence electrons. The van der Waals surface area contributed by atoms with Gasteiger partial charge < -0.3 is 15.0 Å². The summed E-state index contributed by atoms with van der Waals surface area (Å²) in [6.07, 6.45) is -4.18. The molecule has 1 atom stereocenters. The lowest BCUT2D eigenvalue weighted by atomic mass is 9.85. The molecule has 12 heteroatoms. The zero-order chi connectivity index (χ0) is 27.7. The van der Waals surface area contributed by atoms with Crippen LogP contribution in [0.25, 0.3) is 10.8 Å². The van der Waals surface area contributed by atoms with E-state index in [1.165, 1.54) is 12.3 Å². The zero-order valence-corrected chi connectivity index (χ0v) is 22.3. The van der Waals surface area contributed by atoms with E-state index in [1.807, 2.05) is 13.8 Å². The van der Waals surface area contributed by atoms with Gasteiger partial charge in [0.25, 0.3) is 11.5 Å². The van der Waals surface area contributed by atoms with Crippen molar-refractivity contribution in [2.45, 2.75) is 38.1 Å². The monoisotopic (exact) mass is 585 g/mol. The lowest BCUT2D eigenvalue weighted by Crippen LogP contribution is -2.42. The molecule has 1 N–H and O–H groups in total. The van der Waals surface area contributed by atoms with Gasteiger partial charge in [-0.2, -0.15) is 13.2 Å². The normalized spacial score (nSPS) is 17.7. The highest BCUT2D eigenvalue weighted by atomic mass is 35.5. The van der Waals surface area contributed by atoms with E-state index in [1.54, 1.807) is 30.3 Å². The maximum absolute atomic E-state index is 14.5. The number of benzene rings is 3. The Kier molecular flexibility index (Phi) is 8.11. The summed E-state index contributed by atoms with van der Waals surface area (Å²) in [7, 11) is 0. The number of carbonyl (C=O) groups excluding carboxylic acids is 1. The van der Waals surface area contributed by atoms with Gasteiger partial charge >= 0.3 is 6.18 Å². The molecule has 1 aliphatic rings. The van der Waals surface area contributed by atoms with Crippen LogP contribution in [0.5, 0.6) is 0 Å². The van der Waals surface area contributed by atoms with Crippen LogP contribution in [0.4, 0.5) is 13.2 Å². The van der Waals surface area contributed by atoms with Gasteiger partial charge in [-0.15, -0.1) is 0 Å². The van der Waals surface area contributed by atoms with Crippen molar-refractivity contribution in [1.82, 2.24) is 5.32 Å². The number of oxime groups is 2. The number of rotatable bonds is 7.